The molecular weight excluding hydrogens is 352 g/mol. The van der Waals surface area contributed by atoms with E-state index in [4.69, 9.17) is 10.00 Å². The van der Waals surface area contributed by atoms with Gasteiger partial charge in [-0.1, -0.05) is 48.5 Å². The molecule has 0 atom stereocenters. The van der Waals surface area contributed by atoms with Gasteiger partial charge in [-0.15, -0.1) is 0 Å². The van der Waals surface area contributed by atoms with Crippen LogP contribution in [-0.2, 0) is 16.0 Å². The van der Waals surface area contributed by atoms with Crippen molar-refractivity contribution in [1.82, 2.24) is 0 Å². The van der Waals surface area contributed by atoms with Crippen molar-refractivity contribution in [2.75, 3.05) is 11.9 Å². The molecule has 0 aliphatic heterocycles. The normalized spacial score (nSPS) is 9.96. The highest BCUT2D eigenvalue weighted by atomic mass is 16.5. The van der Waals surface area contributed by atoms with Crippen LogP contribution in [0.2, 0.25) is 0 Å². The molecule has 3 aromatic carbocycles. The predicted octanol–water partition coefficient (Wildman–Crippen LogP) is 3.94. The van der Waals surface area contributed by atoms with Gasteiger partial charge in [0, 0.05) is 5.69 Å². The molecule has 5 heteroatoms. The van der Waals surface area contributed by atoms with Gasteiger partial charge in [-0.25, -0.2) is 4.79 Å². The topological polar surface area (TPSA) is 79.2 Å². The van der Waals surface area contributed by atoms with Crippen LogP contribution in [0.15, 0.2) is 78.9 Å². The van der Waals surface area contributed by atoms with Crippen LogP contribution < -0.4 is 5.32 Å². The molecule has 0 spiro atoms. The molecule has 0 saturated carbocycles. The number of anilines is 1. The fourth-order valence-electron chi connectivity index (χ4n) is 2.69. The Balaban J connectivity index is 1.59. The van der Waals surface area contributed by atoms with Gasteiger partial charge in [-0.2, -0.15) is 5.26 Å². The maximum absolute atomic E-state index is 12.2. The number of ether oxygens (including phenoxy) is 1. The number of nitriles is 1. The smallest absolute Gasteiger partial charge is 0.338 e. The summed E-state index contributed by atoms with van der Waals surface area (Å²) in [5.41, 5.74) is 3.53. The maximum atomic E-state index is 12.2. The third-order valence-electron chi connectivity index (χ3n) is 4.11. The van der Waals surface area contributed by atoms with Crippen molar-refractivity contribution < 1.29 is 14.3 Å². The zero-order chi connectivity index (χ0) is 19.8. The number of carbonyl (C=O) groups excluding carboxylic acids is 2. The van der Waals surface area contributed by atoms with E-state index in [1.807, 2.05) is 60.7 Å². The molecule has 0 aliphatic rings. The Kier molecular flexibility index (Phi) is 6.17. The second kappa shape index (κ2) is 9.15. The van der Waals surface area contributed by atoms with E-state index < -0.39 is 18.5 Å². The van der Waals surface area contributed by atoms with Crippen LogP contribution in [0.25, 0.3) is 0 Å². The molecule has 0 aliphatic carbocycles. The first-order chi connectivity index (χ1) is 13.7. The van der Waals surface area contributed by atoms with Gasteiger partial charge in [0.2, 0.25) is 0 Å². The highest BCUT2D eigenvalue weighted by molar-refractivity contribution is 5.96. The van der Waals surface area contributed by atoms with E-state index in [2.05, 4.69) is 5.32 Å². The Labute approximate surface area is 163 Å². The van der Waals surface area contributed by atoms with Gasteiger partial charge in [0.25, 0.3) is 5.91 Å². The number of nitrogens with zero attached hydrogens (tertiary/aromatic N) is 1. The van der Waals surface area contributed by atoms with Crippen molar-refractivity contribution >= 4 is 17.6 Å². The number of benzene rings is 3. The Morgan fingerprint density at radius 2 is 1.57 bits per heavy atom. The van der Waals surface area contributed by atoms with Crippen LogP contribution in [0.1, 0.15) is 27.0 Å². The number of carbonyl (C=O) groups is 2. The first kappa shape index (κ1) is 18.9. The minimum atomic E-state index is -0.614. The van der Waals surface area contributed by atoms with Gasteiger partial charge in [-0.05, 0) is 47.9 Å². The lowest BCUT2D eigenvalue weighted by Gasteiger charge is -2.11. The van der Waals surface area contributed by atoms with E-state index in [1.54, 1.807) is 0 Å². The van der Waals surface area contributed by atoms with Crippen molar-refractivity contribution in [3.05, 3.63) is 101 Å². The average Bonchev–Trinajstić information content (AvgIpc) is 2.74. The van der Waals surface area contributed by atoms with Crippen molar-refractivity contribution in [2.24, 2.45) is 0 Å². The largest absolute Gasteiger partial charge is 0.452 e. The minimum Gasteiger partial charge on any atom is -0.452 e. The fraction of sp³-hybridized carbons (Fsp3) is 0.0870. The van der Waals surface area contributed by atoms with E-state index in [0.717, 1.165) is 11.1 Å². The molecule has 28 heavy (non-hydrogen) atoms. The quantitative estimate of drug-likeness (QED) is 0.667. The molecule has 1 amide bonds. The van der Waals surface area contributed by atoms with Gasteiger partial charge in [0.1, 0.15) is 0 Å². The second-order valence-electron chi connectivity index (χ2n) is 6.13. The molecule has 3 rings (SSSR count). The molecule has 1 N–H and O–H groups in total. The number of amides is 1. The third kappa shape index (κ3) is 5.05. The standard InChI is InChI=1S/C23H18N2O3/c24-15-18-10-12-19(13-11-18)23(27)28-16-22(26)25-21-9-5-4-8-20(21)14-17-6-2-1-3-7-17/h1-13H,14,16H2,(H,25,26). The van der Waals surface area contributed by atoms with Gasteiger partial charge < -0.3 is 10.1 Å². The van der Waals surface area contributed by atoms with E-state index in [1.165, 1.54) is 24.3 Å². The van der Waals surface area contributed by atoms with Crippen LogP contribution in [0.4, 0.5) is 5.69 Å². The van der Waals surface area contributed by atoms with Gasteiger partial charge in [0.15, 0.2) is 6.61 Å². The predicted molar refractivity (Wildman–Crippen MR) is 106 cm³/mol. The zero-order valence-electron chi connectivity index (χ0n) is 15.1. The number of nitrogens with one attached hydrogen (secondary N) is 1. The maximum Gasteiger partial charge on any atom is 0.338 e. The van der Waals surface area contributed by atoms with Crippen LogP contribution in [-0.4, -0.2) is 18.5 Å². The fourth-order valence-corrected chi connectivity index (χ4v) is 2.69. The van der Waals surface area contributed by atoms with Gasteiger partial charge >= 0.3 is 5.97 Å². The summed E-state index contributed by atoms with van der Waals surface area (Å²) in [6.45, 7) is -0.390. The van der Waals surface area contributed by atoms with Crippen molar-refractivity contribution in [1.29, 1.82) is 5.26 Å². The van der Waals surface area contributed by atoms with Crippen molar-refractivity contribution in [2.45, 2.75) is 6.42 Å². The number of rotatable bonds is 6. The first-order valence-electron chi connectivity index (χ1n) is 8.74. The Morgan fingerprint density at radius 1 is 0.893 bits per heavy atom. The second-order valence-corrected chi connectivity index (χ2v) is 6.13. The summed E-state index contributed by atoms with van der Waals surface area (Å²) in [7, 11) is 0. The Hall–Kier alpha value is -3.91. The summed E-state index contributed by atoms with van der Waals surface area (Å²) in [6, 6.07) is 25.5. The molecule has 0 aromatic heterocycles. The lowest BCUT2D eigenvalue weighted by molar-refractivity contribution is -0.119. The Bertz CT molecular complexity index is 1010. The summed E-state index contributed by atoms with van der Waals surface area (Å²) in [6.07, 6.45) is 0.683. The van der Waals surface area contributed by atoms with E-state index in [9.17, 15) is 9.59 Å². The summed E-state index contributed by atoms with van der Waals surface area (Å²) in [4.78, 5) is 24.2. The number of esters is 1. The van der Waals surface area contributed by atoms with Crippen LogP contribution in [0.3, 0.4) is 0 Å². The number of hydrogen-bond donors (Lipinski definition) is 1. The molecule has 0 fully saturated rings. The van der Waals surface area contributed by atoms with E-state index in [-0.39, 0.29) is 5.56 Å². The van der Waals surface area contributed by atoms with Gasteiger partial charge in [-0.3, -0.25) is 4.79 Å². The average molecular weight is 370 g/mol. The Morgan fingerprint density at radius 3 is 2.29 bits per heavy atom. The first-order valence-corrected chi connectivity index (χ1v) is 8.74. The highest BCUT2D eigenvalue weighted by Crippen LogP contribution is 2.19. The molecule has 0 heterocycles. The molecule has 0 saturated heterocycles. The molecular formula is C23H18N2O3. The minimum absolute atomic E-state index is 0.288. The van der Waals surface area contributed by atoms with Crippen molar-refractivity contribution in [3.8, 4) is 6.07 Å². The molecule has 138 valence electrons. The number of para-hydroxylation sites is 1. The molecule has 0 unspecified atom stereocenters. The van der Waals surface area contributed by atoms with Crippen molar-refractivity contribution in [3.63, 3.8) is 0 Å². The van der Waals surface area contributed by atoms with E-state index >= 15 is 0 Å². The zero-order valence-corrected chi connectivity index (χ0v) is 15.1. The van der Waals surface area contributed by atoms with Crippen LogP contribution >= 0.6 is 0 Å². The lowest BCUT2D eigenvalue weighted by atomic mass is 10.0. The monoisotopic (exact) mass is 370 g/mol. The molecule has 0 bridgehead atoms. The van der Waals surface area contributed by atoms with E-state index in [0.29, 0.717) is 17.7 Å². The van der Waals surface area contributed by atoms with Crippen LogP contribution in [0.5, 0.6) is 0 Å². The molecule has 3 aromatic rings. The number of hydrogen-bond acceptors (Lipinski definition) is 4. The third-order valence-corrected chi connectivity index (χ3v) is 4.11. The van der Waals surface area contributed by atoms with Crippen LogP contribution in [0, 0.1) is 11.3 Å². The van der Waals surface area contributed by atoms with Gasteiger partial charge in [0.05, 0.1) is 17.2 Å². The lowest BCUT2D eigenvalue weighted by Crippen LogP contribution is -2.21. The molecule has 0 radical (unpaired) electrons. The SMILES string of the molecule is N#Cc1ccc(C(=O)OCC(=O)Nc2ccccc2Cc2ccccc2)cc1. The summed E-state index contributed by atoms with van der Waals surface area (Å²) in [5.74, 6) is -1.03. The summed E-state index contributed by atoms with van der Waals surface area (Å²) < 4.78 is 5.06. The molecule has 5 nitrogen and oxygen atoms in total. The summed E-state index contributed by atoms with van der Waals surface area (Å²) in [5, 5.41) is 11.6. The highest BCUT2D eigenvalue weighted by Gasteiger charge is 2.12. The summed E-state index contributed by atoms with van der Waals surface area (Å²) >= 11 is 0.